The number of fused-ring (bicyclic) bond motifs is 1. The van der Waals surface area contributed by atoms with E-state index in [4.69, 9.17) is 0 Å². The second kappa shape index (κ2) is 9.73. The molecule has 3 heterocycles. The highest BCUT2D eigenvalue weighted by atomic mass is 16.2. The van der Waals surface area contributed by atoms with Gasteiger partial charge < -0.3 is 10.2 Å². The Morgan fingerprint density at radius 1 is 1.19 bits per heavy atom. The van der Waals surface area contributed by atoms with E-state index in [2.05, 4.69) is 22.2 Å². The number of piperidine rings is 1. The predicted octanol–water partition coefficient (Wildman–Crippen LogP) is 2.97. The van der Waals surface area contributed by atoms with Crippen molar-refractivity contribution in [1.29, 1.82) is 0 Å². The number of pyridine rings is 1. The van der Waals surface area contributed by atoms with Crippen LogP contribution >= 0.6 is 0 Å². The van der Waals surface area contributed by atoms with Crippen molar-refractivity contribution >= 4 is 22.9 Å². The molecule has 0 spiro atoms. The minimum atomic E-state index is -0.165. The summed E-state index contributed by atoms with van der Waals surface area (Å²) in [6.45, 7) is 4.47. The Kier molecular flexibility index (Phi) is 6.60. The maximum absolute atomic E-state index is 13.5. The van der Waals surface area contributed by atoms with Crippen LogP contribution in [0.15, 0.2) is 53.5 Å². The molecule has 0 aliphatic carbocycles. The molecule has 7 nitrogen and oxygen atoms in total. The van der Waals surface area contributed by atoms with Gasteiger partial charge in [-0.25, -0.2) is 9.97 Å². The van der Waals surface area contributed by atoms with Gasteiger partial charge in [-0.2, -0.15) is 0 Å². The van der Waals surface area contributed by atoms with E-state index in [1.807, 2.05) is 47.4 Å². The molecule has 0 bridgehead atoms. The van der Waals surface area contributed by atoms with Gasteiger partial charge >= 0.3 is 0 Å². The van der Waals surface area contributed by atoms with Crippen LogP contribution in [0.4, 0.5) is 5.82 Å². The quantitative estimate of drug-likeness (QED) is 0.596. The first-order valence-electron chi connectivity index (χ1n) is 11.1. The van der Waals surface area contributed by atoms with Crippen LogP contribution in [0.3, 0.4) is 0 Å². The second-order valence-corrected chi connectivity index (χ2v) is 8.09. The Morgan fingerprint density at radius 3 is 2.84 bits per heavy atom. The predicted molar refractivity (Wildman–Crippen MR) is 122 cm³/mol. The Morgan fingerprint density at radius 2 is 2.03 bits per heavy atom. The molecule has 7 heteroatoms. The van der Waals surface area contributed by atoms with E-state index in [0.29, 0.717) is 36.6 Å². The maximum Gasteiger partial charge on any atom is 0.295 e. The van der Waals surface area contributed by atoms with Gasteiger partial charge in [0.05, 0.1) is 12.5 Å². The Hall–Kier alpha value is -3.22. The average Bonchev–Trinajstić information content (AvgIpc) is 2.81. The standard InChI is InChI=1S/C24H29N5O2/c1-2-3-13-26-23(30)19-11-8-15-28(17-19)22-24(31)29(16-18-9-5-4-6-10-18)21-20(27-22)12-7-14-25-21/h4-7,9-10,12,14,19H,2-3,8,11,13,15-17H2,1H3,(H,26,30). The molecule has 1 saturated heterocycles. The lowest BCUT2D eigenvalue weighted by atomic mass is 9.97. The number of nitrogens with one attached hydrogen (secondary N) is 1. The molecular formula is C24H29N5O2. The number of aromatic nitrogens is 3. The SMILES string of the molecule is CCCCNC(=O)C1CCCN(c2nc3cccnc3n(Cc3ccccc3)c2=O)C1. The van der Waals surface area contributed by atoms with E-state index < -0.39 is 0 Å². The molecule has 2 aromatic heterocycles. The normalized spacial score (nSPS) is 16.4. The van der Waals surface area contributed by atoms with E-state index in [1.54, 1.807) is 10.8 Å². The maximum atomic E-state index is 13.5. The lowest BCUT2D eigenvalue weighted by Crippen LogP contribution is -2.45. The Labute approximate surface area is 182 Å². The Balaban J connectivity index is 1.65. The molecular weight excluding hydrogens is 390 g/mol. The fourth-order valence-corrected chi connectivity index (χ4v) is 4.10. The lowest BCUT2D eigenvalue weighted by Gasteiger charge is -2.32. The van der Waals surface area contributed by atoms with Crippen LogP contribution < -0.4 is 15.8 Å². The van der Waals surface area contributed by atoms with Gasteiger partial charge in [0.15, 0.2) is 11.5 Å². The van der Waals surface area contributed by atoms with Crippen molar-refractivity contribution < 1.29 is 4.79 Å². The molecule has 31 heavy (non-hydrogen) atoms. The van der Waals surface area contributed by atoms with Crippen LogP contribution in [0, 0.1) is 5.92 Å². The van der Waals surface area contributed by atoms with Crippen LogP contribution in [0.1, 0.15) is 38.2 Å². The summed E-state index contributed by atoms with van der Waals surface area (Å²) in [5.74, 6) is 0.353. The zero-order valence-corrected chi connectivity index (χ0v) is 18.0. The number of hydrogen-bond donors (Lipinski definition) is 1. The summed E-state index contributed by atoms with van der Waals surface area (Å²) in [6.07, 6.45) is 5.40. The van der Waals surface area contributed by atoms with Gasteiger partial charge in [0, 0.05) is 25.8 Å². The van der Waals surface area contributed by atoms with E-state index in [0.717, 1.165) is 37.8 Å². The molecule has 1 atom stereocenters. The van der Waals surface area contributed by atoms with E-state index in [-0.39, 0.29) is 17.4 Å². The summed E-state index contributed by atoms with van der Waals surface area (Å²) in [5, 5.41) is 3.03. The van der Waals surface area contributed by atoms with Crippen molar-refractivity contribution in [3.8, 4) is 0 Å². The topological polar surface area (TPSA) is 80.1 Å². The summed E-state index contributed by atoms with van der Waals surface area (Å²) >= 11 is 0. The molecule has 1 fully saturated rings. The summed E-state index contributed by atoms with van der Waals surface area (Å²) < 4.78 is 1.69. The molecule has 1 unspecified atom stereocenters. The van der Waals surface area contributed by atoms with Gasteiger partial charge in [0.1, 0.15) is 5.52 Å². The summed E-state index contributed by atoms with van der Waals surface area (Å²) in [6, 6.07) is 13.6. The first kappa shape index (κ1) is 21.0. The van der Waals surface area contributed by atoms with Crippen molar-refractivity contribution in [1.82, 2.24) is 19.9 Å². The van der Waals surface area contributed by atoms with Gasteiger partial charge in [-0.15, -0.1) is 0 Å². The van der Waals surface area contributed by atoms with Gasteiger partial charge in [0.25, 0.3) is 5.56 Å². The van der Waals surface area contributed by atoms with Crippen LogP contribution in [-0.4, -0.2) is 40.1 Å². The summed E-state index contributed by atoms with van der Waals surface area (Å²) in [7, 11) is 0. The summed E-state index contributed by atoms with van der Waals surface area (Å²) in [5.41, 5.74) is 2.12. The van der Waals surface area contributed by atoms with Crippen molar-refractivity contribution in [3.05, 3.63) is 64.6 Å². The van der Waals surface area contributed by atoms with Crippen molar-refractivity contribution in [3.63, 3.8) is 0 Å². The number of amides is 1. The number of carbonyl (C=O) groups is 1. The number of rotatable bonds is 7. The number of unbranched alkanes of at least 4 members (excludes halogenated alkanes) is 1. The van der Waals surface area contributed by atoms with Crippen LogP contribution in [-0.2, 0) is 11.3 Å². The lowest BCUT2D eigenvalue weighted by molar-refractivity contribution is -0.125. The van der Waals surface area contributed by atoms with Gasteiger partial charge in [0.2, 0.25) is 5.91 Å². The minimum Gasteiger partial charge on any atom is -0.356 e. The first-order valence-corrected chi connectivity index (χ1v) is 11.1. The molecule has 0 radical (unpaired) electrons. The van der Waals surface area contributed by atoms with E-state index in [9.17, 15) is 9.59 Å². The number of hydrogen-bond acceptors (Lipinski definition) is 5. The molecule has 0 saturated carbocycles. The van der Waals surface area contributed by atoms with Crippen LogP contribution in [0.2, 0.25) is 0 Å². The number of carbonyl (C=O) groups excluding carboxylic acids is 1. The second-order valence-electron chi connectivity index (χ2n) is 8.09. The van der Waals surface area contributed by atoms with E-state index >= 15 is 0 Å². The van der Waals surface area contributed by atoms with Crippen molar-refractivity contribution in [2.75, 3.05) is 24.5 Å². The summed E-state index contributed by atoms with van der Waals surface area (Å²) in [4.78, 5) is 37.2. The smallest absolute Gasteiger partial charge is 0.295 e. The van der Waals surface area contributed by atoms with Gasteiger partial charge in [-0.05, 0) is 37.0 Å². The molecule has 1 amide bonds. The fraction of sp³-hybridized carbons (Fsp3) is 0.417. The zero-order valence-electron chi connectivity index (χ0n) is 18.0. The zero-order chi connectivity index (χ0) is 21.6. The molecule has 1 aliphatic heterocycles. The molecule has 1 aliphatic rings. The largest absolute Gasteiger partial charge is 0.356 e. The number of nitrogens with zero attached hydrogens (tertiary/aromatic N) is 4. The molecule has 1 N–H and O–H groups in total. The molecule has 4 rings (SSSR count). The van der Waals surface area contributed by atoms with Crippen LogP contribution in [0.25, 0.3) is 11.2 Å². The highest BCUT2D eigenvalue weighted by Crippen LogP contribution is 2.22. The highest BCUT2D eigenvalue weighted by Gasteiger charge is 2.28. The first-order chi connectivity index (χ1) is 15.2. The third-order valence-corrected chi connectivity index (χ3v) is 5.79. The number of benzene rings is 1. The monoisotopic (exact) mass is 419 g/mol. The molecule has 1 aromatic carbocycles. The minimum absolute atomic E-state index is 0.0743. The average molecular weight is 420 g/mol. The van der Waals surface area contributed by atoms with Crippen molar-refractivity contribution in [2.45, 2.75) is 39.2 Å². The van der Waals surface area contributed by atoms with Gasteiger partial charge in [-0.1, -0.05) is 43.7 Å². The number of anilines is 1. The van der Waals surface area contributed by atoms with Gasteiger partial charge in [-0.3, -0.25) is 14.2 Å². The fourth-order valence-electron chi connectivity index (χ4n) is 4.10. The third-order valence-electron chi connectivity index (χ3n) is 5.79. The highest BCUT2D eigenvalue weighted by molar-refractivity contribution is 5.79. The molecule has 3 aromatic rings. The van der Waals surface area contributed by atoms with Crippen LogP contribution in [0.5, 0.6) is 0 Å². The molecule has 162 valence electrons. The Bertz CT molecular complexity index is 1100. The van der Waals surface area contributed by atoms with E-state index in [1.165, 1.54) is 0 Å². The third kappa shape index (κ3) is 4.76. The van der Waals surface area contributed by atoms with Crippen molar-refractivity contribution in [2.24, 2.45) is 5.92 Å².